The zero-order valence-electron chi connectivity index (χ0n) is 12.9. The smallest absolute Gasteiger partial charge is 0.168 e. The van der Waals surface area contributed by atoms with Gasteiger partial charge in [-0.1, -0.05) is 11.6 Å². The third kappa shape index (κ3) is 3.06. The number of hydrogen-bond donors (Lipinski definition) is 0. The molecule has 0 radical (unpaired) electrons. The van der Waals surface area contributed by atoms with Crippen LogP contribution in [0.5, 0.6) is 5.75 Å². The Morgan fingerprint density at radius 1 is 1.23 bits per heavy atom. The van der Waals surface area contributed by atoms with Crippen LogP contribution < -0.4 is 4.74 Å². The number of furan rings is 1. The van der Waals surface area contributed by atoms with Crippen LogP contribution >= 0.6 is 11.6 Å². The number of fused-ring (bicyclic) bond motifs is 1. The van der Waals surface area contributed by atoms with E-state index in [0.717, 1.165) is 48.2 Å². The van der Waals surface area contributed by atoms with Gasteiger partial charge in [0, 0.05) is 23.7 Å². The maximum absolute atomic E-state index is 6.40. The Bertz CT molecular complexity index is 677. The summed E-state index contributed by atoms with van der Waals surface area (Å²) >= 11 is 6.40. The number of likely N-dealkylation sites (N-methyl/N-ethyl adjacent to an activating group) is 1. The molecule has 0 bridgehead atoms. The highest BCUT2D eigenvalue weighted by molar-refractivity contribution is 6.31. The molecule has 1 aliphatic heterocycles. The zero-order chi connectivity index (χ0) is 15.5. The Morgan fingerprint density at radius 3 is 2.68 bits per heavy atom. The minimum absolute atomic E-state index is 0.729. The van der Waals surface area contributed by atoms with Gasteiger partial charge in [-0.05, 0) is 62.7 Å². The summed E-state index contributed by atoms with van der Waals surface area (Å²) in [4.78, 5) is 2.32. The SMILES string of the molecule is CC=C(Oc1ccc(Cl)c2c1CCN(C)CC2)c1ccco1. The van der Waals surface area contributed by atoms with Gasteiger partial charge in [0.15, 0.2) is 11.5 Å². The molecule has 4 heteroatoms. The molecule has 1 aliphatic rings. The normalized spacial score (nSPS) is 16.2. The second-order valence-corrected chi connectivity index (χ2v) is 5.95. The lowest BCUT2D eigenvalue weighted by molar-refractivity contribution is 0.351. The molecule has 0 saturated carbocycles. The van der Waals surface area contributed by atoms with Gasteiger partial charge in [0.1, 0.15) is 5.75 Å². The van der Waals surface area contributed by atoms with Crippen LogP contribution in [0.2, 0.25) is 5.02 Å². The van der Waals surface area contributed by atoms with Crippen molar-refractivity contribution in [3.63, 3.8) is 0 Å². The quantitative estimate of drug-likeness (QED) is 0.784. The van der Waals surface area contributed by atoms with E-state index >= 15 is 0 Å². The Kier molecular flexibility index (Phi) is 4.55. The monoisotopic (exact) mass is 317 g/mol. The van der Waals surface area contributed by atoms with Gasteiger partial charge in [0.05, 0.1) is 6.26 Å². The largest absolute Gasteiger partial charge is 0.461 e. The van der Waals surface area contributed by atoms with Crippen molar-refractivity contribution >= 4 is 17.4 Å². The molecule has 116 valence electrons. The van der Waals surface area contributed by atoms with Gasteiger partial charge in [0.25, 0.3) is 0 Å². The first-order valence-electron chi connectivity index (χ1n) is 7.56. The molecular formula is C18H20ClNO2. The first-order valence-corrected chi connectivity index (χ1v) is 7.93. The van der Waals surface area contributed by atoms with Gasteiger partial charge in [-0.3, -0.25) is 0 Å². The fourth-order valence-corrected chi connectivity index (χ4v) is 3.06. The van der Waals surface area contributed by atoms with Crippen molar-refractivity contribution in [1.29, 1.82) is 0 Å². The standard InChI is InChI=1S/C18H20ClNO2/c1-3-16(18-5-4-12-21-18)22-17-7-6-15(19)13-8-10-20(2)11-9-14(13)17/h3-7,12H,8-11H2,1-2H3. The lowest BCUT2D eigenvalue weighted by atomic mass is 10.0. The highest BCUT2D eigenvalue weighted by Crippen LogP contribution is 2.34. The number of ether oxygens (including phenoxy) is 1. The van der Waals surface area contributed by atoms with E-state index in [-0.39, 0.29) is 0 Å². The average molecular weight is 318 g/mol. The number of halogens is 1. The Balaban J connectivity index is 1.95. The van der Waals surface area contributed by atoms with Crippen LogP contribution in [0.3, 0.4) is 0 Å². The van der Waals surface area contributed by atoms with Gasteiger partial charge in [-0.2, -0.15) is 0 Å². The van der Waals surface area contributed by atoms with E-state index in [0.29, 0.717) is 0 Å². The van der Waals surface area contributed by atoms with E-state index in [4.69, 9.17) is 20.8 Å². The van der Waals surface area contributed by atoms with Crippen molar-refractivity contribution < 1.29 is 9.15 Å². The summed E-state index contributed by atoms with van der Waals surface area (Å²) < 4.78 is 11.6. The number of nitrogens with zero attached hydrogens (tertiary/aromatic N) is 1. The van der Waals surface area contributed by atoms with E-state index in [1.54, 1.807) is 6.26 Å². The number of rotatable bonds is 3. The molecule has 1 aromatic carbocycles. The highest BCUT2D eigenvalue weighted by atomic mass is 35.5. The van der Waals surface area contributed by atoms with Crippen LogP contribution in [0.4, 0.5) is 0 Å². The first kappa shape index (κ1) is 15.2. The number of hydrogen-bond acceptors (Lipinski definition) is 3. The van der Waals surface area contributed by atoms with Gasteiger partial charge in [0.2, 0.25) is 0 Å². The Hall–Kier alpha value is -1.71. The van der Waals surface area contributed by atoms with Crippen molar-refractivity contribution in [3.05, 3.63) is 58.5 Å². The highest BCUT2D eigenvalue weighted by Gasteiger charge is 2.19. The van der Waals surface area contributed by atoms with Crippen LogP contribution in [0.15, 0.2) is 41.0 Å². The van der Waals surface area contributed by atoms with E-state index in [2.05, 4.69) is 11.9 Å². The van der Waals surface area contributed by atoms with Gasteiger partial charge >= 0.3 is 0 Å². The molecule has 0 unspecified atom stereocenters. The fraction of sp³-hybridized carbons (Fsp3) is 0.333. The summed E-state index contributed by atoms with van der Waals surface area (Å²) in [5.74, 6) is 2.34. The van der Waals surface area contributed by atoms with Crippen molar-refractivity contribution in [1.82, 2.24) is 4.90 Å². The molecule has 22 heavy (non-hydrogen) atoms. The maximum atomic E-state index is 6.40. The van der Waals surface area contributed by atoms with Crippen molar-refractivity contribution in [2.24, 2.45) is 0 Å². The minimum atomic E-state index is 0.729. The summed E-state index contributed by atoms with van der Waals surface area (Å²) in [5, 5.41) is 0.831. The van der Waals surface area contributed by atoms with Gasteiger partial charge in [-0.15, -0.1) is 0 Å². The second-order valence-electron chi connectivity index (χ2n) is 5.54. The molecule has 0 saturated heterocycles. The Morgan fingerprint density at radius 2 is 2.00 bits per heavy atom. The average Bonchev–Trinajstić information content (AvgIpc) is 2.97. The van der Waals surface area contributed by atoms with Crippen LogP contribution in [-0.4, -0.2) is 25.0 Å². The Labute approximate surface area is 136 Å². The molecule has 2 heterocycles. The molecular weight excluding hydrogens is 298 g/mol. The molecule has 0 aliphatic carbocycles. The number of allylic oxidation sites excluding steroid dienone is 1. The van der Waals surface area contributed by atoms with Crippen LogP contribution in [0.1, 0.15) is 23.8 Å². The molecule has 1 aromatic heterocycles. The molecule has 0 N–H and O–H groups in total. The maximum Gasteiger partial charge on any atom is 0.168 e. The van der Waals surface area contributed by atoms with E-state index in [1.165, 1.54) is 11.1 Å². The molecule has 3 nitrogen and oxygen atoms in total. The third-order valence-corrected chi connectivity index (χ3v) is 4.42. The van der Waals surface area contributed by atoms with E-state index < -0.39 is 0 Å². The lowest BCUT2D eigenvalue weighted by Gasteiger charge is -2.15. The van der Waals surface area contributed by atoms with Gasteiger partial charge in [-0.25, -0.2) is 0 Å². The summed E-state index contributed by atoms with van der Waals surface area (Å²) in [6, 6.07) is 7.65. The molecule has 0 amide bonds. The van der Waals surface area contributed by atoms with Crippen LogP contribution in [-0.2, 0) is 12.8 Å². The first-order chi connectivity index (χ1) is 10.7. The minimum Gasteiger partial charge on any atom is -0.461 e. The molecule has 3 rings (SSSR count). The fourth-order valence-electron chi connectivity index (χ4n) is 2.79. The van der Waals surface area contributed by atoms with Crippen LogP contribution in [0.25, 0.3) is 5.76 Å². The summed E-state index contributed by atoms with van der Waals surface area (Å²) in [7, 11) is 2.14. The lowest BCUT2D eigenvalue weighted by Crippen LogP contribution is -2.20. The van der Waals surface area contributed by atoms with Crippen molar-refractivity contribution in [2.75, 3.05) is 20.1 Å². The van der Waals surface area contributed by atoms with E-state index in [9.17, 15) is 0 Å². The molecule has 0 atom stereocenters. The number of benzene rings is 1. The zero-order valence-corrected chi connectivity index (χ0v) is 13.7. The third-order valence-electron chi connectivity index (χ3n) is 4.06. The molecule has 0 spiro atoms. The van der Waals surface area contributed by atoms with Crippen molar-refractivity contribution in [2.45, 2.75) is 19.8 Å². The predicted octanol–water partition coefficient (Wildman–Crippen LogP) is 4.40. The second kappa shape index (κ2) is 6.59. The van der Waals surface area contributed by atoms with E-state index in [1.807, 2.05) is 37.3 Å². The molecule has 0 fully saturated rings. The molecule has 2 aromatic rings. The summed E-state index contributed by atoms with van der Waals surface area (Å²) in [5.41, 5.74) is 2.42. The van der Waals surface area contributed by atoms with Crippen LogP contribution in [0, 0.1) is 0 Å². The van der Waals surface area contributed by atoms with Crippen molar-refractivity contribution in [3.8, 4) is 5.75 Å². The predicted molar refractivity (Wildman–Crippen MR) is 89.3 cm³/mol. The summed E-state index contributed by atoms with van der Waals surface area (Å²) in [6.07, 6.45) is 5.47. The summed E-state index contributed by atoms with van der Waals surface area (Å²) in [6.45, 7) is 3.97. The van der Waals surface area contributed by atoms with Gasteiger partial charge < -0.3 is 14.1 Å². The topological polar surface area (TPSA) is 25.6 Å².